The largest absolute Gasteiger partial charge is 0.497 e. The van der Waals surface area contributed by atoms with Gasteiger partial charge in [-0.25, -0.2) is 0 Å². The molecule has 0 atom stereocenters. The number of carbonyl (C=O) groups is 1. The molecule has 0 aliphatic carbocycles. The van der Waals surface area contributed by atoms with Crippen LogP contribution in [0.2, 0.25) is 0 Å². The van der Waals surface area contributed by atoms with Crippen LogP contribution in [-0.4, -0.2) is 23.2 Å². The molecule has 1 aromatic heterocycles. The van der Waals surface area contributed by atoms with Gasteiger partial charge in [0.15, 0.2) is 0 Å². The van der Waals surface area contributed by atoms with Gasteiger partial charge in [-0.2, -0.15) is 0 Å². The molecule has 0 radical (unpaired) electrons. The van der Waals surface area contributed by atoms with Gasteiger partial charge in [0.2, 0.25) is 11.0 Å². The zero-order valence-corrected chi connectivity index (χ0v) is 14.4. The lowest BCUT2D eigenvalue weighted by Gasteiger charge is -2.09. The van der Waals surface area contributed by atoms with Crippen molar-refractivity contribution in [1.82, 2.24) is 10.2 Å². The maximum absolute atomic E-state index is 12.0. The monoisotopic (exact) mass is 331 g/mol. The number of anilines is 1. The van der Waals surface area contributed by atoms with Gasteiger partial charge in [0.25, 0.3) is 0 Å². The third-order valence-electron chi connectivity index (χ3n) is 3.56. The van der Waals surface area contributed by atoms with E-state index in [4.69, 9.17) is 4.74 Å². The Morgan fingerprint density at radius 3 is 2.52 bits per heavy atom. The molecule has 0 aliphatic rings. The standard InChI is InChI=1S/C17H21N3O2S/c1-4-13(5-2)16(21)18-17-20-19-15(23-17)11-8-12-6-9-14(22-3)10-7-12/h6-11,13H,4-5H2,1-3H3,(H,18,20,21)/b11-8+. The highest BCUT2D eigenvalue weighted by Gasteiger charge is 2.15. The molecule has 1 heterocycles. The minimum Gasteiger partial charge on any atom is -0.497 e. The fourth-order valence-corrected chi connectivity index (χ4v) is 2.75. The number of benzene rings is 1. The first-order valence-corrected chi connectivity index (χ1v) is 8.44. The molecule has 1 amide bonds. The molecule has 1 aromatic carbocycles. The number of hydrogen-bond donors (Lipinski definition) is 1. The summed E-state index contributed by atoms with van der Waals surface area (Å²) in [6.45, 7) is 4.02. The number of ether oxygens (including phenoxy) is 1. The van der Waals surface area contributed by atoms with Crippen LogP contribution in [0.25, 0.3) is 12.2 Å². The van der Waals surface area contributed by atoms with Crippen LogP contribution in [0.4, 0.5) is 5.13 Å². The Hall–Kier alpha value is -2.21. The number of amides is 1. The molecule has 1 N–H and O–H groups in total. The average molecular weight is 331 g/mol. The Balaban J connectivity index is 1.98. The third-order valence-corrected chi connectivity index (χ3v) is 4.37. The van der Waals surface area contributed by atoms with E-state index in [2.05, 4.69) is 15.5 Å². The molecule has 0 fully saturated rings. The van der Waals surface area contributed by atoms with E-state index in [-0.39, 0.29) is 11.8 Å². The van der Waals surface area contributed by atoms with Gasteiger partial charge in [0.05, 0.1) is 7.11 Å². The summed E-state index contributed by atoms with van der Waals surface area (Å²) in [7, 11) is 1.64. The molecule has 5 nitrogen and oxygen atoms in total. The van der Waals surface area contributed by atoms with Crippen molar-refractivity contribution in [2.75, 3.05) is 12.4 Å². The lowest BCUT2D eigenvalue weighted by Crippen LogP contribution is -2.21. The molecule has 6 heteroatoms. The molecular weight excluding hydrogens is 310 g/mol. The van der Waals surface area contributed by atoms with Crippen molar-refractivity contribution < 1.29 is 9.53 Å². The Morgan fingerprint density at radius 2 is 1.91 bits per heavy atom. The summed E-state index contributed by atoms with van der Waals surface area (Å²) in [6, 6.07) is 7.74. The second-order valence-electron chi connectivity index (χ2n) is 5.05. The van der Waals surface area contributed by atoms with Gasteiger partial charge in [-0.15, -0.1) is 10.2 Å². The van der Waals surface area contributed by atoms with Gasteiger partial charge >= 0.3 is 0 Å². The van der Waals surface area contributed by atoms with Gasteiger partial charge in [0, 0.05) is 5.92 Å². The number of nitrogens with zero attached hydrogens (tertiary/aromatic N) is 2. The van der Waals surface area contributed by atoms with Crippen LogP contribution in [0.1, 0.15) is 37.3 Å². The molecule has 0 saturated heterocycles. The first-order chi connectivity index (χ1) is 11.2. The zero-order chi connectivity index (χ0) is 16.7. The molecule has 2 rings (SSSR count). The molecule has 23 heavy (non-hydrogen) atoms. The normalized spacial score (nSPS) is 11.1. The second kappa shape index (κ2) is 8.43. The maximum Gasteiger partial charge on any atom is 0.229 e. The second-order valence-corrected chi connectivity index (χ2v) is 6.06. The topological polar surface area (TPSA) is 64.1 Å². The van der Waals surface area contributed by atoms with E-state index in [0.29, 0.717) is 5.13 Å². The van der Waals surface area contributed by atoms with E-state index in [1.54, 1.807) is 7.11 Å². The molecule has 122 valence electrons. The van der Waals surface area contributed by atoms with Crippen LogP contribution in [0.15, 0.2) is 24.3 Å². The Labute approximate surface area is 140 Å². The SMILES string of the molecule is CCC(CC)C(=O)Nc1nnc(/C=C/c2ccc(OC)cc2)s1. The Bertz CT molecular complexity index is 661. The van der Waals surface area contributed by atoms with Crippen molar-refractivity contribution in [3.63, 3.8) is 0 Å². The van der Waals surface area contributed by atoms with Crippen LogP contribution >= 0.6 is 11.3 Å². The summed E-state index contributed by atoms with van der Waals surface area (Å²) < 4.78 is 5.13. The van der Waals surface area contributed by atoms with Crippen molar-refractivity contribution in [1.29, 1.82) is 0 Å². The highest BCUT2D eigenvalue weighted by molar-refractivity contribution is 7.16. The Kier molecular flexibility index (Phi) is 6.29. The van der Waals surface area contributed by atoms with Crippen molar-refractivity contribution in [3.05, 3.63) is 34.8 Å². The van der Waals surface area contributed by atoms with Crippen LogP contribution in [0.3, 0.4) is 0 Å². The summed E-state index contributed by atoms with van der Waals surface area (Å²) >= 11 is 1.36. The van der Waals surface area contributed by atoms with Crippen LogP contribution in [0, 0.1) is 5.92 Å². The first-order valence-electron chi connectivity index (χ1n) is 7.62. The summed E-state index contributed by atoms with van der Waals surface area (Å²) in [4.78, 5) is 12.0. The fraction of sp³-hybridized carbons (Fsp3) is 0.353. The fourth-order valence-electron chi connectivity index (χ4n) is 2.10. The smallest absolute Gasteiger partial charge is 0.229 e. The quantitative estimate of drug-likeness (QED) is 0.830. The molecular formula is C17H21N3O2S. The van der Waals surface area contributed by atoms with Crippen molar-refractivity contribution in [2.45, 2.75) is 26.7 Å². The van der Waals surface area contributed by atoms with E-state index >= 15 is 0 Å². The van der Waals surface area contributed by atoms with E-state index < -0.39 is 0 Å². The molecule has 0 spiro atoms. The first kappa shape index (κ1) is 17.1. The van der Waals surface area contributed by atoms with Gasteiger partial charge in [-0.1, -0.05) is 43.4 Å². The summed E-state index contributed by atoms with van der Waals surface area (Å²) in [6.07, 6.45) is 5.48. The highest BCUT2D eigenvalue weighted by atomic mass is 32.1. The minimum absolute atomic E-state index is 0.0110. The van der Waals surface area contributed by atoms with Gasteiger partial charge in [-0.05, 0) is 36.6 Å². The number of carbonyl (C=O) groups excluding carboxylic acids is 1. The number of aromatic nitrogens is 2. The third kappa shape index (κ3) is 4.89. The molecule has 0 bridgehead atoms. The number of methoxy groups -OCH3 is 1. The minimum atomic E-state index is 0.0110. The number of nitrogens with one attached hydrogen (secondary N) is 1. The number of hydrogen-bond acceptors (Lipinski definition) is 5. The lowest BCUT2D eigenvalue weighted by atomic mass is 10.0. The average Bonchev–Trinajstić information content (AvgIpc) is 3.02. The Morgan fingerprint density at radius 1 is 1.22 bits per heavy atom. The van der Waals surface area contributed by atoms with Crippen LogP contribution in [0.5, 0.6) is 5.75 Å². The predicted molar refractivity (Wildman–Crippen MR) is 94.5 cm³/mol. The van der Waals surface area contributed by atoms with E-state index in [1.807, 2.05) is 50.3 Å². The molecule has 2 aromatic rings. The summed E-state index contributed by atoms with van der Waals surface area (Å²) in [5.74, 6) is 0.860. The predicted octanol–water partition coefficient (Wildman–Crippen LogP) is 4.09. The zero-order valence-electron chi connectivity index (χ0n) is 13.6. The maximum atomic E-state index is 12.0. The molecule has 0 saturated carbocycles. The van der Waals surface area contributed by atoms with Gasteiger partial charge in [-0.3, -0.25) is 4.79 Å². The molecule has 0 aliphatic heterocycles. The summed E-state index contributed by atoms with van der Waals surface area (Å²) in [5, 5.41) is 12.2. The van der Waals surface area contributed by atoms with Crippen molar-refractivity contribution in [3.8, 4) is 5.75 Å². The van der Waals surface area contributed by atoms with Crippen molar-refractivity contribution in [2.24, 2.45) is 5.92 Å². The molecule has 0 unspecified atom stereocenters. The summed E-state index contributed by atoms with van der Waals surface area (Å²) in [5.41, 5.74) is 1.05. The lowest BCUT2D eigenvalue weighted by molar-refractivity contribution is -0.120. The number of rotatable bonds is 7. The highest BCUT2D eigenvalue weighted by Crippen LogP contribution is 2.20. The van der Waals surface area contributed by atoms with E-state index in [0.717, 1.165) is 29.2 Å². The van der Waals surface area contributed by atoms with Crippen LogP contribution in [-0.2, 0) is 4.79 Å². The van der Waals surface area contributed by atoms with E-state index in [1.165, 1.54) is 11.3 Å². The van der Waals surface area contributed by atoms with E-state index in [9.17, 15) is 4.79 Å². The van der Waals surface area contributed by atoms with Gasteiger partial charge in [0.1, 0.15) is 10.8 Å². The van der Waals surface area contributed by atoms with Gasteiger partial charge < -0.3 is 10.1 Å². The van der Waals surface area contributed by atoms with Crippen molar-refractivity contribution >= 4 is 34.5 Å². The van der Waals surface area contributed by atoms with Crippen LogP contribution < -0.4 is 10.1 Å².